The molecule has 1 aliphatic rings. The zero-order valence-corrected chi connectivity index (χ0v) is 16.0. The van der Waals surface area contributed by atoms with Crippen LogP contribution >= 0.6 is 11.8 Å². The van der Waals surface area contributed by atoms with Crippen LogP contribution in [0.1, 0.15) is 38.7 Å². The molecule has 5 nitrogen and oxygen atoms in total. The molecule has 138 valence electrons. The lowest BCUT2D eigenvalue weighted by Gasteiger charge is -2.28. The third-order valence-corrected chi connectivity index (χ3v) is 5.71. The minimum Gasteiger partial charge on any atom is -0.497 e. The monoisotopic (exact) mass is 365 g/mol. The molecule has 1 aromatic carbocycles. The van der Waals surface area contributed by atoms with Gasteiger partial charge in [0.15, 0.2) is 0 Å². The average Bonchev–Trinajstić information content (AvgIpc) is 3.06. The van der Waals surface area contributed by atoms with E-state index in [1.54, 1.807) is 23.8 Å². The van der Waals surface area contributed by atoms with Crippen LogP contribution in [0.15, 0.2) is 24.3 Å². The number of methoxy groups -OCH3 is 1. The summed E-state index contributed by atoms with van der Waals surface area (Å²) in [7, 11) is 1.61. The summed E-state index contributed by atoms with van der Waals surface area (Å²) in [5, 5.41) is 0.0365. The third kappa shape index (κ3) is 5.14. The molecule has 1 saturated heterocycles. The van der Waals surface area contributed by atoms with Crippen molar-refractivity contribution in [1.29, 1.82) is 0 Å². The molecule has 2 atom stereocenters. The summed E-state index contributed by atoms with van der Waals surface area (Å²) >= 11 is 1.66. The van der Waals surface area contributed by atoms with Crippen LogP contribution in [0.25, 0.3) is 0 Å². The molecule has 0 N–H and O–H groups in total. The lowest BCUT2D eigenvalue weighted by Crippen LogP contribution is -2.46. The van der Waals surface area contributed by atoms with Crippen molar-refractivity contribution in [1.82, 2.24) is 4.90 Å². The Bertz CT molecular complexity index is 575. The van der Waals surface area contributed by atoms with Crippen molar-refractivity contribution in [2.24, 2.45) is 0 Å². The Morgan fingerprint density at radius 2 is 1.96 bits per heavy atom. The summed E-state index contributed by atoms with van der Waals surface area (Å²) in [6.07, 6.45) is 2.92. The maximum Gasteiger partial charge on any atom is 0.329 e. The number of carbonyl (C=O) groups is 2. The van der Waals surface area contributed by atoms with Crippen molar-refractivity contribution in [2.75, 3.05) is 19.5 Å². The van der Waals surface area contributed by atoms with Gasteiger partial charge in [0.05, 0.1) is 25.5 Å². The van der Waals surface area contributed by atoms with E-state index < -0.39 is 6.04 Å². The molecule has 0 aromatic heterocycles. The van der Waals surface area contributed by atoms with E-state index in [0.29, 0.717) is 12.4 Å². The number of hydrogen-bond acceptors (Lipinski definition) is 5. The second-order valence-electron chi connectivity index (χ2n) is 6.06. The topological polar surface area (TPSA) is 55.8 Å². The van der Waals surface area contributed by atoms with Gasteiger partial charge in [0.2, 0.25) is 5.91 Å². The number of esters is 1. The lowest BCUT2D eigenvalue weighted by atomic mass is 10.1. The Hall–Kier alpha value is -1.69. The molecule has 25 heavy (non-hydrogen) atoms. The summed E-state index contributed by atoms with van der Waals surface area (Å²) in [6, 6.07) is 6.98. The van der Waals surface area contributed by atoms with E-state index in [0.717, 1.165) is 30.6 Å². The second-order valence-corrected chi connectivity index (χ2v) is 7.27. The molecule has 1 aliphatic heterocycles. The molecule has 1 fully saturated rings. The highest BCUT2D eigenvalue weighted by Gasteiger charge is 2.41. The molecule has 2 unspecified atom stereocenters. The predicted molar refractivity (Wildman–Crippen MR) is 99.7 cm³/mol. The molecule has 6 heteroatoms. The molecular formula is C19H27NO4S. The minimum atomic E-state index is -0.474. The van der Waals surface area contributed by atoms with Crippen molar-refractivity contribution < 1.29 is 19.1 Å². The molecule has 0 saturated carbocycles. The van der Waals surface area contributed by atoms with Gasteiger partial charge in [-0.15, -0.1) is 11.8 Å². The fraction of sp³-hybridized carbons (Fsp3) is 0.579. The number of unbranched alkanes of at least 4 members (excludes halogenated alkanes) is 1. The highest BCUT2D eigenvalue weighted by Crippen LogP contribution is 2.32. The van der Waals surface area contributed by atoms with E-state index in [2.05, 4.69) is 6.92 Å². The van der Waals surface area contributed by atoms with Crippen LogP contribution in [-0.2, 0) is 20.7 Å². The number of rotatable bonds is 8. The highest BCUT2D eigenvalue weighted by atomic mass is 32.2. The molecule has 0 radical (unpaired) electrons. The number of ether oxygens (including phenoxy) is 2. The van der Waals surface area contributed by atoms with Gasteiger partial charge in [0.25, 0.3) is 0 Å². The van der Waals surface area contributed by atoms with Gasteiger partial charge in [0.1, 0.15) is 11.8 Å². The predicted octanol–water partition coefficient (Wildman–Crippen LogP) is 3.26. The van der Waals surface area contributed by atoms with Gasteiger partial charge in [-0.2, -0.15) is 0 Å². The first-order valence-corrected chi connectivity index (χ1v) is 9.87. The normalized spacial score (nSPS) is 19.7. The van der Waals surface area contributed by atoms with E-state index in [-0.39, 0.29) is 23.7 Å². The van der Waals surface area contributed by atoms with Gasteiger partial charge in [-0.3, -0.25) is 4.79 Å². The van der Waals surface area contributed by atoms with Crippen LogP contribution in [0.5, 0.6) is 5.75 Å². The maximum absolute atomic E-state index is 12.9. The summed E-state index contributed by atoms with van der Waals surface area (Å²) < 4.78 is 10.5. The molecule has 1 heterocycles. The van der Waals surface area contributed by atoms with Gasteiger partial charge in [-0.05, 0) is 30.5 Å². The first kappa shape index (κ1) is 19.6. The van der Waals surface area contributed by atoms with Gasteiger partial charge in [-0.1, -0.05) is 32.4 Å². The van der Waals surface area contributed by atoms with E-state index >= 15 is 0 Å². The standard InChI is InChI=1S/C19H27NO4S/c1-4-6-11-24-19(22)16-13-25-18(5-2)20(16)17(21)12-14-7-9-15(23-3)10-8-14/h7-10,16,18H,4-6,11-13H2,1-3H3. The molecular weight excluding hydrogens is 338 g/mol. The van der Waals surface area contributed by atoms with Crippen LogP contribution in [-0.4, -0.2) is 47.7 Å². The minimum absolute atomic E-state index is 0.0283. The van der Waals surface area contributed by atoms with Crippen LogP contribution < -0.4 is 4.74 Å². The number of benzene rings is 1. The van der Waals surface area contributed by atoms with Crippen molar-refractivity contribution in [3.8, 4) is 5.75 Å². The number of nitrogens with zero attached hydrogens (tertiary/aromatic N) is 1. The largest absolute Gasteiger partial charge is 0.497 e. The highest BCUT2D eigenvalue weighted by molar-refractivity contribution is 8.00. The molecule has 0 aliphatic carbocycles. The van der Waals surface area contributed by atoms with Gasteiger partial charge < -0.3 is 14.4 Å². The summed E-state index contributed by atoms with van der Waals surface area (Å²) in [5.74, 6) is 1.06. The van der Waals surface area contributed by atoms with E-state index in [1.807, 2.05) is 31.2 Å². The van der Waals surface area contributed by atoms with Crippen LogP contribution in [0.4, 0.5) is 0 Å². The number of amides is 1. The van der Waals surface area contributed by atoms with Gasteiger partial charge >= 0.3 is 5.97 Å². The second kappa shape index (κ2) is 9.70. The van der Waals surface area contributed by atoms with Gasteiger partial charge in [-0.25, -0.2) is 4.79 Å². The van der Waals surface area contributed by atoms with Crippen molar-refractivity contribution in [3.05, 3.63) is 29.8 Å². The fourth-order valence-corrected chi connectivity index (χ4v) is 4.18. The number of thioether (sulfide) groups is 1. The van der Waals surface area contributed by atoms with Crippen LogP contribution in [0, 0.1) is 0 Å². The first-order valence-electron chi connectivity index (χ1n) is 8.83. The Morgan fingerprint density at radius 3 is 2.56 bits per heavy atom. The molecule has 1 aromatic rings. The Morgan fingerprint density at radius 1 is 1.24 bits per heavy atom. The van der Waals surface area contributed by atoms with E-state index in [9.17, 15) is 9.59 Å². The number of carbonyl (C=O) groups excluding carboxylic acids is 2. The summed E-state index contributed by atoms with van der Waals surface area (Å²) in [4.78, 5) is 27.0. The van der Waals surface area contributed by atoms with Gasteiger partial charge in [0, 0.05) is 5.75 Å². The van der Waals surface area contributed by atoms with Crippen molar-refractivity contribution in [2.45, 2.75) is 50.9 Å². The maximum atomic E-state index is 12.9. The Kier molecular flexibility index (Phi) is 7.62. The smallest absolute Gasteiger partial charge is 0.329 e. The Balaban J connectivity index is 2.04. The van der Waals surface area contributed by atoms with E-state index in [1.165, 1.54) is 0 Å². The SMILES string of the molecule is CCCCOC(=O)C1CSC(CC)N1C(=O)Cc1ccc(OC)cc1. The van der Waals surface area contributed by atoms with E-state index in [4.69, 9.17) is 9.47 Å². The molecule has 2 rings (SSSR count). The lowest BCUT2D eigenvalue weighted by molar-refractivity contribution is -0.154. The van der Waals surface area contributed by atoms with Crippen LogP contribution in [0.2, 0.25) is 0 Å². The van der Waals surface area contributed by atoms with Crippen molar-refractivity contribution in [3.63, 3.8) is 0 Å². The average molecular weight is 365 g/mol. The third-order valence-electron chi connectivity index (χ3n) is 4.26. The quantitative estimate of drug-likeness (QED) is 0.523. The fourth-order valence-electron chi connectivity index (χ4n) is 2.82. The summed E-state index contributed by atoms with van der Waals surface area (Å²) in [5.41, 5.74) is 0.913. The molecule has 0 bridgehead atoms. The zero-order chi connectivity index (χ0) is 18.2. The number of hydrogen-bond donors (Lipinski definition) is 0. The zero-order valence-electron chi connectivity index (χ0n) is 15.2. The molecule has 0 spiro atoms. The molecule has 1 amide bonds. The first-order chi connectivity index (χ1) is 12.1. The summed E-state index contributed by atoms with van der Waals surface area (Å²) in [6.45, 7) is 4.51. The van der Waals surface area contributed by atoms with Crippen LogP contribution in [0.3, 0.4) is 0 Å². The Labute approximate surface area is 154 Å². The van der Waals surface area contributed by atoms with Crippen molar-refractivity contribution >= 4 is 23.6 Å².